The maximum atomic E-state index is 9.71. The third kappa shape index (κ3) is 5.55. The van der Waals surface area contributed by atoms with Gasteiger partial charge in [0.05, 0.1) is 5.97 Å². The van der Waals surface area contributed by atoms with Crippen molar-refractivity contribution in [1.82, 2.24) is 0 Å². The number of carbonyl (C=O) groups excluding carboxylic acids is 2. The maximum Gasteiger partial charge on any atom is 2.00 e. The molecule has 5 nitrogen and oxygen atoms in total. The van der Waals surface area contributed by atoms with Gasteiger partial charge in [-0.25, -0.2) is 0 Å². The molecule has 0 aromatic carbocycles. The van der Waals surface area contributed by atoms with Crippen LogP contribution in [0.2, 0.25) is 0 Å². The van der Waals surface area contributed by atoms with Gasteiger partial charge in [0.2, 0.25) is 0 Å². The van der Waals surface area contributed by atoms with E-state index in [0.29, 0.717) is 0 Å². The van der Waals surface area contributed by atoms with Crippen molar-refractivity contribution in [2.75, 3.05) is 0 Å². The summed E-state index contributed by atoms with van der Waals surface area (Å²) in [7, 11) is 0. The average Bonchev–Trinajstić information content (AvgIpc) is 1.63. The maximum absolute atomic E-state index is 9.71. The second-order valence-electron chi connectivity index (χ2n) is 1.50. The number of carboxylic acids is 2. The van der Waals surface area contributed by atoms with Gasteiger partial charge in [-0.15, -0.1) is 0 Å². The van der Waals surface area contributed by atoms with Crippen molar-refractivity contribution >= 4 is 11.9 Å². The molecule has 1 atom stereocenters. The van der Waals surface area contributed by atoms with Crippen molar-refractivity contribution < 1.29 is 36.9 Å². The Bertz CT molecular complexity index is 137. The van der Waals surface area contributed by atoms with Crippen LogP contribution in [0.5, 0.6) is 0 Å². The van der Waals surface area contributed by atoms with Gasteiger partial charge in [0.1, 0.15) is 0 Å². The Morgan fingerprint density at radius 3 is 1.90 bits per heavy atom. The average molecular weight is 195 g/mol. The Kier molecular flexibility index (Phi) is 6.34. The van der Waals surface area contributed by atoms with Crippen LogP contribution in [0, 0.1) is 0 Å². The third-order valence-electron chi connectivity index (χ3n) is 0.689. The van der Waals surface area contributed by atoms with Gasteiger partial charge in [0, 0.05) is 18.4 Å². The number of hydrogen-bond acceptors (Lipinski definition) is 5. The molecule has 0 fully saturated rings. The normalized spacial score (nSPS) is 11.3. The van der Waals surface area contributed by atoms with Crippen LogP contribution in [-0.4, -0.2) is 18.0 Å². The molecule has 1 radical (unpaired) electrons. The minimum atomic E-state index is -1.58. The van der Waals surface area contributed by atoms with Crippen molar-refractivity contribution in [1.29, 1.82) is 0 Å². The number of carboxylic acid groups (broad SMARTS) is 2. The van der Waals surface area contributed by atoms with Gasteiger partial charge in [-0.2, -0.15) is 0 Å². The van der Waals surface area contributed by atoms with Crippen LogP contribution >= 0.6 is 0 Å². The summed E-state index contributed by atoms with van der Waals surface area (Å²) in [5.74, 6) is -3.08. The quantitative estimate of drug-likeness (QED) is 0.464. The van der Waals surface area contributed by atoms with Crippen LogP contribution in [-0.2, 0) is 26.7 Å². The molecule has 0 amide bonds. The summed E-state index contributed by atoms with van der Waals surface area (Å²) >= 11 is 0. The molecular weight excluding hydrogens is 190 g/mol. The van der Waals surface area contributed by atoms with Crippen molar-refractivity contribution in [3.05, 3.63) is 0 Å². The molecule has 0 rings (SSSR count). The summed E-state index contributed by atoms with van der Waals surface area (Å²) in [6, 6.07) is -1.46. The summed E-state index contributed by atoms with van der Waals surface area (Å²) in [5, 5.41) is 19.3. The van der Waals surface area contributed by atoms with Crippen LogP contribution < -0.4 is 15.9 Å². The van der Waals surface area contributed by atoms with E-state index in [-0.39, 0.29) is 17.1 Å². The van der Waals surface area contributed by atoms with E-state index >= 15 is 0 Å². The van der Waals surface area contributed by atoms with Gasteiger partial charge in [-0.1, -0.05) is 0 Å². The third-order valence-corrected chi connectivity index (χ3v) is 0.689. The zero-order chi connectivity index (χ0) is 7.44. The Morgan fingerprint density at radius 2 is 1.80 bits per heavy atom. The molecule has 0 heterocycles. The topological polar surface area (TPSA) is 106 Å². The number of carbonyl (C=O) groups is 2. The summed E-state index contributed by atoms with van der Waals surface area (Å²) < 4.78 is 0. The zero-order valence-corrected chi connectivity index (χ0v) is 5.74. The summed E-state index contributed by atoms with van der Waals surface area (Å²) in [6.07, 6.45) is -0.706. The van der Waals surface area contributed by atoms with Crippen LogP contribution in [0.15, 0.2) is 0 Å². The molecule has 0 bridgehead atoms. The second kappa shape index (κ2) is 5.22. The van der Waals surface area contributed by atoms with Crippen LogP contribution in [0.25, 0.3) is 0 Å². The first-order valence-electron chi connectivity index (χ1n) is 2.20. The molecule has 10 heavy (non-hydrogen) atoms. The van der Waals surface area contributed by atoms with Crippen molar-refractivity contribution in [3.63, 3.8) is 0 Å². The Balaban J connectivity index is 0. The van der Waals surface area contributed by atoms with Gasteiger partial charge in [-0.05, 0) is 0 Å². The summed E-state index contributed by atoms with van der Waals surface area (Å²) in [5.41, 5.74) is 4.73. The van der Waals surface area contributed by atoms with Crippen LogP contribution in [0.3, 0.4) is 0 Å². The molecule has 6 heteroatoms. The van der Waals surface area contributed by atoms with Crippen molar-refractivity contribution in [3.8, 4) is 0 Å². The molecule has 0 saturated heterocycles. The minimum absolute atomic E-state index is 0. The molecule has 0 aliphatic heterocycles. The Labute approximate surface area is 67.7 Å². The molecule has 0 saturated carbocycles. The van der Waals surface area contributed by atoms with Gasteiger partial charge < -0.3 is 25.5 Å². The largest absolute Gasteiger partial charge is 2.00 e. The molecule has 61 valence electrons. The van der Waals surface area contributed by atoms with E-state index in [9.17, 15) is 19.8 Å². The molecular formula is C4H5CuNO4. The first-order valence-corrected chi connectivity index (χ1v) is 2.20. The monoisotopic (exact) mass is 194 g/mol. The van der Waals surface area contributed by atoms with E-state index in [1.54, 1.807) is 0 Å². The predicted molar refractivity (Wildman–Crippen MR) is 22.6 cm³/mol. The number of rotatable bonds is 3. The van der Waals surface area contributed by atoms with Crippen molar-refractivity contribution in [2.24, 2.45) is 5.73 Å². The van der Waals surface area contributed by atoms with E-state index in [2.05, 4.69) is 0 Å². The molecule has 0 unspecified atom stereocenters. The van der Waals surface area contributed by atoms with Gasteiger partial charge in [0.25, 0.3) is 0 Å². The number of hydrogen-bond donors (Lipinski definition) is 1. The fourth-order valence-electron chi connectivity index (χ4n) is 0.263. The van der Waals surface area contributed by atoms with E-state index < -0.39 is 24.4 Å². The standard InChI is InChI=1S/C4H7NO4.Cu/c5-2(4(8)9)1-3(6)7;/h2H,1,5H2,(H,6,7)(H,8,9);/q;+2/p-2/t2-;/m0./s1. The van der Waals surface area contributed by atoms with E-state index in [0.717, 1.165) is 0 Å². The number of aliphatic carboxylic acids is 2. The van der Waals surface area contributed by atoms with Crippen molar-refractivity contribution in [2.45, 2.75) is 12.5 Å². The SMILES string of the molecule is N[C@@H](CC(=O)[O-])C(=O)[O-].[Cu+2]. The zero-order valence-electron chi connectivity index (χ0n) is 4.80. The van der Waals surface area contributed by atoms with Gasteiger partial charge in [-0.3, -0.25) is 0 Å². The fraction of sp³-hybridized carbons (Fsp3) is 0.500. The fourth-order valence-corrected chi connectivity index (χ4v) is 0.263. The van der Waals surface area contributed by atoms with Crippen LogP contribution in [0.1, 0.15) is 6.42 Å². The Hall–Kier alpha value is -0.581. The first-order chi connectivity index (χ1) is 4.04. The molecule has 0 spiro atoms. The molecule has 0 aromatic rings. The van der Waals surface area contributed by atoms with E-state index in [4.69, 9.17) is 5.73 Å². The predicted octanol–water partition coefficient (Wildman–Crippen LogP) is -3.80. The Morgan fingerprint density at radius 1 is 1.40 bits per heavy atom. The molecule has 0 aliphatic carbocycles. The summed E-state index contributed by atoms with van der Waals surface area (Å²) in [6.45, 7) is 0. The van der Waals surface area contributed by atoms with Crippen LogP contribution in [0.4, 0.5) is 0 Å². The minimum Gasteiger partial charge on any atom is -0.550 e. The number of nitrogens with two attached hydrogens (primary N) is 1. The first kappa shape index (κ1) is 12.1. The van der Waals surface area contributed by atoms with E-state index in [1.807, 2.05) is 0 Å². The molecule has 0 aromatic heterocycles. The van der Waals surface area contributed by atoms with Gasteiger partial charge >= 0.3 is 17.1 Å². The smallest absolute Gasteiger partial charge is 0.550 e. The van der Waals surface area contributed by atoms with E-state index in [1.165, 1.54) is 0 Å². The molecule has 0 aliphatic rings. The molecule has 2 N–H and O–H groups in total. The second-order valence-corrected chi connectivity index (χ2v) is 1.50. The van der Waals surface area contributed by atoms with Gasteiger partial charge in [0.15, 0.2) is 0 Å². The summed E-state index contributed by atoms with van der Waals surface area (Å²) in [4.78, 5) is 19.3.